The van der Waals surface area contributed by atoms with Gasteiger partial charge in [0.25, 0.3) is 5.96 Å². The summed E-state index contributed by atoms with van der Waals surface area (Å²) in [6.45, 7) is 9.73. The van der Waals surface area contributed by atoms with Crippen LogP contribution in [0.5, 0.6) is 34.5 Å². The number of methoxy groups -OCH3 is 6. The molecule has 0 aliphatic heterocycles. The minimum Gasteiger partial charge on any atom is -0.493 e. The SMILES string of the molecule is CC(C)(C)OC(=O)NC(CCCCN/C(N)=N/[N+](=O)[O-])C(=O)O.COc1cc(CC(C)N)cc(OC)c1OC.COc1cc(CC(C)NC(=O)C(N)CCCCN=C(N)N)cc(OC)c1OC. The molecule has 24 nitrogen and oxygen atoms in total. The summed E-state index contributed by atoms with van der Waals surface area (Å²) >= 11 is 0. The molecule has 0 saturated heterocycles. The Morgan fingerprint density at radius 1 is 0.746 bits per heavy atom. The van der Waals surface area contributed by atoms with Crippen LogP contribution in [-0.4, -0.2) is 126 Å². The molecule has 2 aromatic carbocycles. The maximum atomic E-state index is 12.3. The van der Waals surface area contributed by atoms with E-state index in [9.17, 15) is 24.5 Å². The number of alkyl carbamates (subject to hydrolysis) is 1. The number of aliphatic imine (C=N–C) groups is 1. The molecule has 0 saturated carbocycles. The van der Waals surface area contributed by atoms with Gasteiger partial charge in [-0.15, -0.1) is 0 Å². The van der Waals surface area contributed by atoms with Gasteiger partial charge in [-0.05, 0) is 121 Å². The predicted molar refractivity (Wildman–Crippen MR) is 255 cm³/mol. The first kappa shape index (κ1) is 60.3. The third-order valence-corrected chi connectivity index (χ3v) is 8.90. The van der Waals surface area contributed by atoms with Crippen molar-refractivity contribution in [3.05, 3.63) is 45.5 Å². The van der Waals surface area contributed by atoms with Gasteiger partial charge in [-0.25, -0.2) is 19.7 Å². The molecule has 0 spiro atoms. The van der Waals surface area contributed by atoms with Crippen LogP contribution in [0, 0.1) is 10.1 Å². The second kappa shape index (κ2) is 32.1. The average Bonchev–Trinajstić information content (AvgIpc) is 3.23. The Kier molecular flexibility index (Phi) is 28.9. The maximum absolute atomic E-state index is 12.3. The van der Waals surface area contributed by atoms with Crippen LogP contribution in [0.3, 0.4) is 0 Å². The molecule has 0 fully saturated rings. The molecule has 2 aromatic rings. The third kappa shape index (κ3) is 26.1. The van der Waals surface area contributed by atoms with E-state index in [2.05, 4.69) is 26.0 Å². The van der Waals surface area contributed by atoms with E-state index in [1.165, 1.54) is 0 Å². The third-order valence-electron chi connectivity index (χ3n) is 8.90. The zero-order valence-corrected chi connectivity index (χ0v) is 40.8. The number of carboxylic acids is 1. The molecule has 4 atom stereocenters. The number of ether oxygens (including phenoxy) is 7. The molecule has 0 bridgehead atoms. The van der Waals surface area contributed by atoms with E-state index in [1.807, 2.05) is 38.1 Å². The van der Waals surface area contributed by atoms with Gasteiger partial charge >= 0.3 is 12.1 Å². The Hall–Kier alpha value is -6.69. The van der Waals surface area contributed by atoms with E-state index in [0.717, 1.165) is 30.4 Å². The number of benzene rings is 2. The summed E-state index contributed by atoms with van der Waals surface area (Å²) in [6.07, 6.45) is 3.82. The first-order valence-corrected chi connectivity index (χ1v) is 21.3. The Labute approximate surface area is 393 Å². The topological polar surface area (TPSA) is 370 Å². The number of nitro groups is 1. The van der Waals surface area contributed by atoms with Gasteiger partial charge in [-0.3, -0.25) is 9.79 Å². The first-order chi connectivity index (χ1) is 31.4. The molecule has 14 N–H and O–H groups in total. The smallest absolute Gasteiger partial charge is 0.408 e. The van der Waals surface area contributed by atoms with E-state index in [0.29, 0.717) is 73.3 Å². The van der Waals surface area contributed by atoms with Gasteiger partial charge in [0.2, 0.25) is 17.4 Å². The lowest BCUT2D eigenvalue weighted by molar-refractivity contribution is -0.485. The lowest BCUT2D eigenvalue weighted by Gasteiger charge is -2.22. The van der Waals surface area contributed by atoms with Crippen molar-refractivity contribution in [3.8, 4) is 34.5 Å². The number of aliphatic carboxylic acids is 1. The standard InChI is InChI=1S/C19H33N5O4.C12H23N5O6.C12H19NO3/c1-12(24-18(25)14(20)7-5-6-8-23-19(21)22)9-13-10-15(26-2)17(28-4)16(11-13)27-3;1-12(2,3)23-11(20)15-8(9(18)19)6-4-5-7-14-10(13)16-17(21)22;1-8(13)5-9-6-10(14-2)12(16-4)11(7-9)15-3/h10-12,14H,5-9,20H2,1-4H3,(H,24,25)(H4,21,22,23);8H,4-7H2,1-3H3,(H,15,20)(H,18,19)(H3,13,14,16);6-8H,5,13H2,1-4H3. The molecule has 2 rings (SSSR count). The van der Waals surface area contributed by atoms with Crippen molar-refractivity contribution in [3.63, 3.8) is 0 Å². The summed E-state index contributed by atoms with van der Waals surface area (Å²) in [4.78, 5) is 48.9. The van der Waals surface area contributed by atoms with Crippen molar-refractivity contribution in [2.24, 2.45) is 38.8 Å². The van der Waals surface area contributed by atoms with Gasteiger partial charge in [-0.2, -0.15) is 0 Å². The van der Waals surface area contributed by atoms with Crippen molar-refractivity contribution in [2.75, 3.05) is 55.7 Å². The number of rotatable bonds is 25. The van der Waals surface area contributed by atoms with E-state index in [-0.39, 0.29) is 36.3 Å². The minimum absolute atomic E-state index is 0.0719. The molecule has 380 valence electrons. The monoisotopic (exact) mass is 954 g/mol. The van der Waals surface area contributed by atoms with E-state index < -0.39 is 34.8 Å². The molecule has 67 heavy (non-hydrogen) atoms. The minimum atomic E-state index is -1.17. The van der Waals surface area contributed by atoms with Crippen LogP contribution in [-0.2, 0) is 27.2 Å². The number of hydrazone groups is 1. The zero-order valence-electron chi connectivity index (χ0n) is 40.8. The molecule has 4 unspecified atom stereocenters. The fourth-order valence-corrected chi connectivity index (χ4v) is 5.97. The average molecular weight is 954 g/mol. The van der Waals surface area contributed by atoms with Crippen molar-refractivity contribution in [1.29, 1.82) is 0 Å². The van der Waals surface area contributed by atoms with Gasteiger partial charge in [0.05, 0.1) is 48.7 Å². The van der Waals surface area contributed by atoms with Crippen LogP contribution in [0.2, 0.25) is 0 Å². The number of amides is 2. The summed E-state index contributed by atoms with van der Waals surface area (Å²) in [6, 6.07) is 5.93. The van der Waals surface area contributed by atoms with E-state index in [4.69, 9.17) is 66.9 Å². The molecule has 0 heterocycles. The molecule has 0 radical (unpaired) electrons. The van der Waals surface area contributed by atoms with Gasteiger partial charge in [0, 0.05) is 25.2 Å². The van der Waals surface area contributed by atoms with Gasteiger partial charge in [0.1, 0.15) is 16.7 Å². The van der Waals surface area contributed by atoms with E-state index >= 15 is 0 Å². The van der Waals surface area contributed by atoms with Crippen LogP contribution < -0.4 is 73.0 Å². The number of hydrogen-bond donors (Lipinski definition) is 9. The van der Waals surface area contributed by atoms with Gasteiger partial charge in [0.15, 0.2) is 34.0 Å². The van der Waals surface area contributed by atoms with Crippen molar-refractivity contribution >= 4 is 29.9 Å². The quantitative estimate of drug-likeness (QED) is 0.0227. The Bertz CT molecular complexity index is 1840. The highest BCUT2D eigenvalue weighted by Crippen LogP contribution is 2.39. The van der Waals surface area contributed by atoms with Crippen LogP contribution in [0.1, 0.15) is 84.3 Å². The van der Waals surface area contributed by atoms with Crippen molar-refractivity contribution in [2.45, 2.75) is 116 Å². The summed E-state index contributed by atoms with van der Waals surface area (Å²) in [5.74, 6) is 2.03. The van der Waals surface area contributed by atoms with Crippen LogP contribution >= 0.6 is 0 Å². The predicted octanol–water partition coefficient (Wildman–Crippen LogP) is 2.36. The largest absolute Gasteiger partial charge is 0.493 e. The summed E-state index contributed by atoms with van der Waals surface area (Å²) in [5, 5.41) is 28.8. The van der Waals surface area contributed by atoms with Gasteiger partial charge < -0.3 is 82.9 Å². The number of carboxylic acid groups (broad SMARTS) is 1. The molecule has 0 aliphatic rings. The highest BCUT2D eigenvalue weighted by atomic mass is 16.7. The number of nitrogens with two attached hydrogens (primary N) is 5. The maximum Gasteiger partial charge on any atom is 0.408 e. The summed E-state index contributed by atoms with van der Waals surface area (Å²) in [7, 11) is 9.49. The van der Waals surface area contributed by atoms with E-state index in [1.54, 1.807) is 63.4 Å². The number of nitrogens with zero attached hydrogens (tertiary/aromatic N) is 3. The fourth-order valence-electron chi connectivity index (χ4n) is 5.97. The number of nitrogens with one attached hydrogen (secondary N) is 3. The number of carbonyl (C=O) groups is 3. The number of hydrogen-bond acceptors (Lipinski definition) is 15. The Morgan fingerprint density at radius 3 is 1.63 bits per heavy atom. The molecular weight excluding hydrogens is 879 g/mol. The van der Waals surface area contributed by atoms with Crippen LogP contribution in [0.4, 0.5) is 4.79 Å². The Balaban J connectivity index is 0.00000101. The summed E-state index contributed by atoms with van der Waals surface area (Å²) < 4.78 is 36.8. The lowest BCUT2D eigenvalue weighted by atomic mass is 10.0. The van der Waals surface area contributed by atoms with Crippen molar-refractivity contribution < 1.29 is 57.7 Å². The molecule has 2 amide bonds. The summed E-state index contributed by atoms with van der Waals surface area (Å²) in [5.41, 5.74) is 28.8. The second-order valence-electron chi connectivity index (χ2n) is 16.0. The lowest BCUT2D eigenvalue weighted by Crippen LogP contribution is -2.45. The molecule has 0 aliphatic carbocycles. The highest BCUT2D eigenvalue weighted by molar-refractivity contribution is 5.82. The van der Waals surface area contributed by atoms with Crippen LogP contribution in [0.25, 0.3) is 0 Å². The fraction of sp³-hybridized carbons (Fsp3) is 0.605. The number of guanidine groups is 2. The zero-order chi connectivity index (χ0) is 51.3. The molecular formula is C43H75N11O13. The Morgan fingerprint density at radius 2 is 1.22 bits per heavy atom. The van der Waals surface area contributed by atoms with Crippen LogP contribution in [0.15, 0.2) is 34.4 Å². The highest BCUT2D eigenvalue weighted by Gasteiger charge is 2.24. The normalized spacial score (nSPS) is 12.6. The first-order valence-electron chi connectivity index (χ1n) is 21.3. The molecule has 24 heteroatoms. The second-order valence-corrected chi connectivity index (χ2v) is 16.0. The number of unbranched alkanes of at least 4 members (excludes halogenated alkanes) is 2. The number of carbonyl (C=O) groups excluding carboxylic acids is 2. The van der Waals surface area contributed by atoms with Crippen molar-refractivity contribution in [1.82, 2.24) is 16.0 Å². The van der Waals surface area contributed by atoms with Gasteiger partial charge in [-0.1, -0.05) is 0 Å². The molecule has 0 aromatic heterocycles.